The molecule has 84 valence electrons. The van der Waals surface area contributed by atoms with Crippen molar-refractivity contribution in [3.8, 4) is 0 Å². The van der Waals surface area contributed by atoms with Crippen molar-refractivity contribution in [3.63, 3.8) is 0 Å². The fraction of sp³-hybridized carbons (Fsp3) is 0.833. The molecule has 0 heterocycles. The van der Waals surface area contributed by atoms with Crippen molar-refractivity contribution in [2.24, 2.45) is 16.9 Å². The van der Waals surface area contributed by atoms with E-state index in [0.717, 1.165) is 18.6 Å². The van der Waals surface area contributed by atoms with E-state index in [0.29, 0.717) is 5.92 Å². The molecule has 2 fully saturated rings. The Bertz CT molecular complexity index is 263. The van der Waals surface area contributed by atoms with Gasteiger partial charge in [0.25, 0.3) is 0 Å². The van der Waals surface area contributed by atoms with Crippen LogP contribution in [0, 0.1) is 11.8 Å². The molecule has 0 aromatic rings. The first-order valence-electron chi connectivity index (χ1n) is 6.11. The van der Waals surface area contributed by atoms with Gasteiger partial charge < -0.3 is 0 Å². The summed E-state index contributed by atoms with van der Waals surface area (Å²) in [6.07, 6.45) is 8.26. The zero-order valence-corrected chi connectivity index (χ0v) is 9.46. The lowest BCUT2D eigenvalue weighted by Gasteiger charge is -2.19. The van der Waals surface area contributed by atoms with E-state index in [1.807, 2.05) is 6.92 Å². The number of carbonyl (C=O) groups excluding carboxylic acids is 1. The van der Waals surface area contributed by atoms with Gasteiger partial charge >= 0.3 is 0 Å². The Morgan fingerprint density at radius 3 is 2.33 bits per heavy atom. The van der Waals surface area contributed by atoms with Crippen molar-refractivity contribution in [2.75, 3.05) is 0 Å². The van der Waals surface area contributed by atoms with E-state index < -0.39 is 0 Å². The molecule has 2 rings (SSSR count). The second kappa shape index (κ2) is 4.77. The average molecular weight is 208 g/mol. The summed E-state index contributed by atoms with van der Waals surface area (Å²) in [5.41, 5.74) is 3.82. The van der Waals surface area contributed by atoms with E-state index in [9.17, 15) is 4.79 Å². The third kappa shape index (κ3) is 3.05. The topological polar surface area (TPSA) is 41.5 Å². The Kier molecular flexibility index (Phi) is 3.39. The largest absolute Gasteiger partial charge is 0.273 e. The molecule has 0 aromatic heterocycles. The number of carbonyl (C=O) groups is 1. The maximum atomic E-state index is 11.7. The Morgan fingerprint density at radius 1 is 1.07 bits per heavy atom. The smallest absolute Gasteiger partial charge is 0.243 e. The number of hydrogen-bond donors (Lipinski definition) is 1. The maximum Gasteiger partial charge on any atom is 0.243 e. The lowest BCUT2D eigenvalue weighted by atomic mass is 9.89. The molecule has 0 saturated heterocycles. The number of hydrazone groups is 1. The predicted molar refractivity (Wildman–Crippen MR) is 60.6 cm³/mol. The SMILES string of the molecule is C/C(=N\NC(=O)C1CCCCC1)C1CC1. The van der Waals surface area contributed by atoms with Crippen LogP contribution >= 0.6 is 0 Å². The first-order valence-corrected chi connectivity index (χ1v) is 6.11. The summed E-state index contributed by atoms with van der Waals surface area (Å²) >= 11 is 0. The second-order valence-electron chi connectivity index (χ2n) is 4.84. The molecule has 0 spiro atoms. The van der Waals surface area contributed by atoms with E-state index in [2.05, 4.69) is 10.5 Å². The van der Waals surface area contributed by atoms with Crippen LogP contribution in [0.3, 0.4) is 0 Å². The van der Waals surface area contributed by atoms with Crippen molar-refractivity contribution >= 4 is 11.6 Å². The molecule has 15 heavy (non-hydrogen) atoms. The number of nitrogens with one attached hydrogen (secondary N) is 1. The Balaban J connectivity index is 1.77. The first-order chi connectivity index (χ1) is 7.27. The fourth-order valence-corrected chi connectivity index (χ4v) is 2.19. The van der Waals surface area contributed by atoms with Gasteiger partial charge in [-0.05, 0) is 38.5 Å². The molecule has 2 aliphatic rings. The number of nitrogens with zero attached hydrogens (tertiary/aromatic N) is 1. The molecule has 3 heteroatoms. The summed E-state index contributed by atoms with van der Waals surface area (Å²) in [4.78, 5) is 11.7. The van der Waals surface area contributed by atoms with Gasteiger partial charge in [-0.15, -0.1) is 0 Å². The van der Waals surface area contributed by atoms with Crippen molar-refractivity contribution in [1.82, 2.24) is 5.43 Å². The normalized spacial score (nSPS) is 23.9. The maximum absolute atomic E-state index is 11.7. The monoisotopic (exact) mass is 208 g/mol. The van der Waals surface area contributed by atoms with Crippen LogP contribution in [0.1, 0.15) is 51.9 Å². The molecule has 0 aliphatic heterocycles. The molecule has 2 aliphatic carbocycles. The van der Waals surface area contributed by atoms with Gasteiger partial charge in [-0.2, -0.15) is 5.10 Å². The van der Waals surface area contributed by atoms with Gasteiger partial charge in [0.1, 0.15) is 0 Å². The summed E-state index contributed by atoms with van der Waals surface area (Å²) < 4.78 is 0. The van der Waals surface area contributed by atoms with Crippen LogP contribution in [0.2, 0.25) is 0 Å². The van der Waals surface area contributed by atoms with Crippen molar-refractivity contribution in [3.05, 3.63) is 0 Å². The molecular weight excluding hydrogens is 188 g/mol. The molecule has 0 aromatic carbocycles. The fourth-order valence-electron chi connectivity index (χ4n) is 2.19. The van der Waals surface area contributed by atoms with E-state index in [4.69, 9.17) is 0 Å². The summed E-state index contributed by atoms with van der Waals surface area (Å²) in [7, 11) is 0. The summed E-state index contributed by atoms with van der Waals surface area (Å²) in [6, 6.07) is 0. The number of rotatable bonds is 3. The molecular formula is C12H20N2O. The molecule has 2 saturated carbocycles. The van der Waals surface area contributed by atoms with Crippen LogP contribution in [0.15, 0.2) is 5.10 Å². The minimum atomic E-state index is 0.134. The minimum Gasteiger partial charge on any atom is -0.273 e. The van der Waals surface area contributed by atoms with Crippen molar-refractivity contribution in [1.29, 1.82) is 0 Å². The van der Waals surface area contributed by atoms with Crippen LogP contribution in [0.5, 0.6) is 0 Å². The molecule has 1 N–H and O–H groups in total. The minimum absolute atomic E-state index is 0.134. The highest BCUT2D eigenvalue weighted by Gasteiger charge is 2.25. The second-order valence-corrected chi connectivity index (χ2v) is 4.84. The van der Waals surface area contributed by atoms with Crippen molar-refractivity contribution in [2.45, 2.75) is 51.9 Å². The van der Waals surface area contributed by atoms with Gasteiger partial charge in [-0.1, -0.05) is 19.3 Å². The first kappa shape index (κ1) is 10.7. The molecule has 3 nitrogen and oxygen atoms in total. The third-order valence-electron chi connectivity index (χ3n) is 3.49. The zero-order valence-electron chi connectivity index (χ0n) is 9.46. The van der Waals surface area contributed by atoms with Gasteiger partial charge in [-0.25, -0.2) is 5.43 Å². The zero-order chi connectivity index (χ0) is 10.7. The lowest BCUT2D eigenvalue weighted by molar-refractivity contribution is -0.125. The standard InChI is InChI=1S/C12H20N2O/c1-9(10-7-8-10)13-14-12(15)11-5-3-2-4-6-11/h10-11H,2-8H2,1H3,(H,14,15)/b13-9+. The molecule has 0 bridgehead atoms. The van der Waals surface area contributed by atoms with Crippen molar-refractivity contribution < 1.29 is 4.79 Å². The Labute approximate surface area is 91.3 Å². The van der Waals surface area contributed by atoms with Gasteiger partial charge in [0.05, 0.1) is 0 Å². The molecule has 1 amide bonds. The van der Waals surface area contributed by atoms with Crippen LogP contribution in [-0.2, 0) is 4.79 Å². The molecule has 0 radical (unpaired) electrons. The number of amides is 1. The predicted octanol–water partition coefficient (Wildman–Crippen LogP) is 2.47. The van der Waals surface area contributed by atoms with Gasteiger partial charge in [0.2, 0.25) is 5.91 Å². The van der Waals surface area contributed by atoms with Gasteiger partial charge in [0.15, 0.2) is 0 Å². The van der Waals surface area contributed by atoms with Crippen LogP contribution in [0.25, 0.3) is 0 Å². The highest BCUT2D eigenvalue weighted by atomic mass is 16.2. The quantitative estimate of drug-likeness (QED) is 0.562. The Morgan fingerprint density at radius 2 is 1.73 bits per heavy atom. The van der Waals surface area contributed by atoms with E-state index in [1.165, 1.54) is 32.1 Å². The molecule has 0 atom stereocenters. The van der Waals surface area contributed by atoms with Crippen LogP contribution in [-0.4, -0.2) is 11.6 Å². The van der Waals surface area contributed by atoms with E-state index >= 15 is 0 Å². The lowest BCUT2D eigenvalue weighted by Crippen LogP contribution is -2.29. The van der Waals surface area contributed by atoms with Crippen LogP contribution in [0.4, 0.5) is 0 Å². The van der Waals surface area contributed by atoms with Crippen LogP contribution < -0.4 is 5.43 Å². The summed E-state index contributed by atoms with van der Waals surface area (Å²) in [5.74, 6) is 1.00. The number of hydrogen-bond acceptors (Lipinski definition) is 2. The highest BCUT2D eigenvalue weighted by Crippen LogP contribution is 2.30. The molecule has 0 unspecified atom stereocenters. The van der Waals surface area contributed by atoms with Gasteiger partial charge in [-0.3, -0.25) is 4.79 Å². The average Bonchev–Trinajstić information content (AvgIpc) is 3.10. The summed E-state index contributed by atoms with van der Waals surface area (Å²) in [6.45, 7) is 2.01. The summed E-state index contributed by atoms with van der Waals surface area (Å²) in [5, 5.41) is 4.18. The highest BCUT2D eigenvalue weighted by molar-refractivity contribution is 5.88. The van der Waals surface area contributed by atoms with Gasteiger partial charge in [0, 0.05) is 11.6 Å². The van der Waals surface area contributed by atoms with E-state index in [1.54, 1.807) is 0 Å². The third-order valence-corrected chi connectivity index (χ3v) is 3.49. The Hall–Kier alpha value is -0.860. The van der Waals surface area contributed by atoms with E-state index in [-0.39, 0.29) is 11.8 Å².